The Bertz CT molecular complexity index is 1100. The Labute approximate surface area is 240 Å². The van der Waals surface area contributed by atoms with E-state index in [9.17, 15) is 9.59 Å². The highest BCUT2D eigenvalue weighted by Crippen LogP contribution is 2.37. The molecule has 0 saturated heterocycles. The molecule has 0 saturated carbocycles. The Morgan fingerprint density at radius 2 is 1.03 bits per heavy atom. The third-order valence-electron chi connectivity index (χ3n) is 8.81. The zero-order valence-corrected chi connectivity index (χ0v) is 26.7. The number of benzene rings is 2. The normalized spacial score (nSPS) is 12.1. The summed E-state index contributed by atoms with van der Waals surface area (Å²) in [4.78, 5) is 24.5. The molecule has 0 heterocycles. The Kier molecular flexibility index (Phi) is 12.7. The van der Waals surface area contributed by atoms with Gasteiger partial charge in [-0.25, -0.2) is 0 Å². The van der Waals surface area contributed by atoms with Gasteiger partial charge in [0.25, 0.3) is 11.8 Å². The lowest BCUT2D eigenvalue weighted by Crippen LogP contribution is -2.41. The Morgan fingerprint density at radius 1 is 0.615 bits per heavy atom. The number of amides is 2. The van der Waals surface area contributed by atoms with Gasteiger partial charge >= 0.3 is 0 Å². The fourth-order valence-corrected chi connectivity index (χ4v) is 3.31. The summed E-state index contributed by atoms with van der Waals surface area (Å²) in [5.74, 6) is 0.0407. The van der Waals surface area contributed by atoms with Gasteiger partial charge in [-0.3, -0.25) is 9.59 Å². The van der Waals surface area contributed by atoms with Gasteiger partial charge in [-0.15, -0.1) is 0 Å². The van der Waals surface area contributed by atoms with Crippen molar-refractivity contribution in [3.8, 4) is 0 Å². The fraction of sp³-hybridized carbons (Fsp3) is 0.600. The van der Waals surface area contributed by atoms with E-state index >= 15 is 0 Å². The molecule has 0 aliphatic rings. The molecule has 0 bridgehead atoms. The average Bonchev–Trinajstić information content (AvgIpc) is 2.77. The summed E-state index contributed by atoms with van der Waals surface area (Å²) in [7, 11) is 0. The highest BCUT2D eigenvalue weighted by molar-refractivity contribution is 5.96. The minimum atomic E-state index is 0. The van der Waals surface area contributed by atoms with Crippen LogP contribution in [0.2, 0.25) is 0 Å². The van der Waals surface area contributed by atoms with Gasteiger partial charge in [-0.1, -0.05) is 106 Å². The van der Waals surface area contributed by atoms with Crippen molar-refractivity contribution in [2.75, 3.05) is 13.1 Å². The summed E-state index contributed by atoms with van der Waals surface area (Å²) in [6.45, 7) is 31.5. The lowest BCUT2D eigenvalue weighted by molar-refractivity contribution is 0.0860. The first-order chi connectivity index (χ1) is 17.1. The standard InChI is InChI=1S/C18H29NO.C16H25NO.CH4/c1-12-9-13(2)14(3)15(10-12)16(20)19-11-18(7,8)17(4,5)6;1-12-7-9-13(10-8-12)14(18)17-11-16(5,6)15(2,3)4;/h9-10H,11H2,1-8H3,(H,19,20);7-10H,11H2,1-6H3,(H,17,18);1H4. The molecule has 2 aromatic carbocycles. The quantitative estimate of drug-likeness (QED) is 0.386. The van der Waals surface area contributed by atoms with Crippen molar-refractivity contribution < 1.29 is 9.59 Å². The van der Waals surface area contributed by atoms with Gasteiger partial charge in [0.1, 0.15) is 0 Å². The number of carbonyl (C=O) groups is 2. The molecule has 4 heteroatoms. The molecule has 39 heavy (non-hydrogen) atoms. The van der Waals surface area contributed by atoms with Crippen molar-refractivity contribution >= 4 is 11.8 Å². The topological polar surface area (TPSA) is 58.2 Å². The van der Waals surface area contributed by atoms with E-state index in [0.29, 0.717) is 13.1 Å². The molecular weight excluding hydrogens is 480 g/mol. The van der Waals surface area contributed by atoms with Crippen LogP contribution in [-0.2, 0) is 0 Å². The second-order valence-corrected chi connectivity index (χ2v) is 14.3. The van der Waals surface area contributed by atoms with Crippen LogP contribution < -0.4 is 10.6 Å². The molecule has 0 spiro atoms. The van der Waals surface area contributed by atoms with E-state index in [1.807, 2.05) is 51.1 Å². The molecule has 2 N–H and O–H groups in total. The van der Waals surface area contributed by atoms with E-state index in [0.717, 1.165) is 22.3 Å². The predicted molar refractivity (Wildman–Crippen MR) is 170 cm³/mol. The zero-order valence-electron chi connectivity index (χ0n) is 26.7. The zero-order chi connectivity index (χ0) is 29.7. The Morgan fingerprint density at radius 3 is 1.44 bits per heavy atom. The summed E-state index contributed by atoms with van der Waals surface area (Å²) < 4.78 is 0. The van der Waals surface area contributed by atoms with Crippen molar-refractivity contribution in [2.45, 2.75) is 104 Å². The maximum Gasteiger partial charge on any atom is 0.251 e. The number of hydrogen-bond acceptors (Lipinski definition) is 2. The van der Waals surface area contributed by atoms with E-state index < -0.39 is 0 Å². The average molecular weight is 539 g/mol. The fourth-order valence-electron chi connectivity index (χ4n) is 3.31. The van der Waals surface area contributed by atoms with Gasteiger partial charge in [-0.2, -0.15) is 0 Å². The molecule has 0 aliphatic heterocycles. The lowest BCUT2D eigenvalue weighted by Gasteiger charge is -2.39. The first-order valence-electron chi connectivity index (χ1n) is 13.8. The summed E-state index contributed by atoms with van der Waals surface area (Å²) in [5, 5.41) is 6.13. The number of nitrogens with one attached hydrogen (secondary N) is 2. The van der Waals surface area contributed by atoms with Gasteiger partial charge < -0.3 is 10.6 Å². The summed E-state index contributed by atoms with van der Waals surface area (Å²) in [5.41, 5.74) is 6.49. The molecule has 0 atom stereocenters. The van der Waals surface area contributed by atoms with E-state index in [-0.39, 0.29) is 40.9 Å². The maximum atomic E-state index is 12.4. The van der Waals surface area contributed by atoms with Gasteiger partial charge in [0.2, 0.25) is 0 Å². The van der Waals surface area contributed by atoms with Gasteiger partial charge in [0.05, 0.1) is 0 Å². The molecule has 2 amide bonds. The molecule has 0 aromatic heterocycles. The number of rotatable bonds is 6. The van der Waals surface area contributed by atoms with Crippen molar-refractivity contribution in [1.82, 2.24) is 10.6 Å². The van der Waals surface area contributed by atoms with Crippen molar-refractivity contribution in [3.05, 3.63) is 69.8 Å². The van der Waals surface area contributed by atoms with Gasteiger partial charge in [-0.05, 0) is 78.7 Å². The second-order valence-electron chi connectivity index (χ2n) is 14.3. The SMILES string of the molecule is C.Cc1cc(C)c(C)c(C(=O)NCC(C)(C)C(C)(C)C)c1.Cc1ccc(C(=O)NCC(C)(C)C(C)(C)C)cc1. The molecule has 0 aliphatic carbocycles. The van der Waals surface area contributed by atoms with Crippen LogP contribution in [0.1, 0.15) is 120 Å². The van der Waals surface area contributed by atoms with Crippen molar-refractivity contribution in [2.24, 2.45) is 21.7 Å². The summed E-state index contributed by atoms with van der Waals surface area (Å²) >= 11 is 0. The number of aryl methyl sites for hydroxylation is 3. The number of carbonyl (C=O) groups excluding carboxylic acids is 2. The molecular formula is C35H58N2O2. The highest BCUT2D eigenvalue weighted by atomic mass is 16.2. The third kappa shape index (κ3) is 10.5. The number of hydrogen-bond donors (Lipinski definition) is 2. The van der Waals surface area contributed by atoms with Crippen LogP contribution >= 0.6 is 0 Å². The van der Waals surface area contributed by atoms with E-state index in [1.165, 1.54) is 11.1 Å². The first-order valence-corrected chi connectivity index (χ1v) is 13.8. The van der Waals surface area contributed by atoms with Crippen LogP contribution in [0.15, 0.2) is 36.4 Å². The van der Waals surface area contributed by atoms with Crippen LogP contribution in [0, 0.1) is 49.4 Å². The first kappa shape index (κ1) is 36.4. The van der Waals surface area contributed by atoms with Crippen LogP contribution in [-0.4, -0.2) is 24.9 Å². The largest absolute Gasteiger partial charge is 0.351 e. The van der Waals surface area contributed by atoms with Crippen LogP contribution in [0.4, 0.5) is 0 Å². The predicted octanol–water partition coefficient (Wildman–Crippen LogP) is 8.85. The smallest absolute Gasteiger partial charge is 0.251 e. The van der Waals surface area contributed by atoms with Crippen LogP contribution in [0.25, 0.3) is 0 Å². The Hall–Kier alpha value is -2.62. The van der Waals surface area contributed by atoms with Crippen LogP contribution in [0.3, 0.4) is 0 Å². The third-order valence-corrected chi connectivity index (χ3v) is 8.81. The molecule has 2 aromatic rings. The molecule has 220 valence electrons. The monoisotopic (exact) mass is 538 g/mol. The minimum Gasteiger partial charge on any atom is -0.351 e. The molecule has 0 fully saturated rings. The molecule has 0 unspecified atom stereocenters. The second kappa shape index (κ2) is 13.6. The maximum absolute atomic E-state index is 12.4. The van der Waals surface area contributed by atoms with Crippen molar-refractivity contribution in [1.29, 1.82) is 0 Å². The van der Waals surface area contributed by atoms with Crippen molar-refractivity contribution in [3.63, 3.8) is 0 Å². The van der Waals surface area contributed by atoms with E-state index in [2.05, 4.69) is 92.9 Å². The van der Waals surface area contributed by atoms with Crippen LogP contribution in [0.5, 0.6) is 0 Å². The summed E-state index contributed by atoms with van der Waals surface area (Å²) in [6, 6.07) is 11.8. The molecule has 2 rings (SSSR count). The van der Waals surface area contributed by atoms with E-state index in [1.54, 1.807) is 0 Å². The lowest BCUT2D eigenvalue weighted by atomic mass is 9.69. The summed E-state index contributed by atoms with van der Waals surface area (Å²) in [6.07, 6.45) is 0. The molecule has 0 radical (unpaired) electrons. The minimum absolute atomic E-state index is 0. The highest BCUT2D eigenvalue weighted by Gasteiger charge is 2.34. The van der Waals surface area contributed by atoms with E-state index in [4.69, 9.17) is 0 Å². The molecule has 4 nitrogen and oxygen atoms in total. The van der Waals surface area contributed by atoms with Gasteiger partial charge in [0, 0.05) is 24.2 Å². The Balaban J connectivity index is 0.000000726. The van der Waals surface area contributed by atoms with Gasteiger partial charge in [0.15, 0.2) is 0 Å².